The Morgan fingerprint density at radius 1 is 1.38 bits per heavy atom. The van der Waals surface area contributed by atoms with Crippen molar-refractivity contribution in [2.75, 3.05) is 45.9 Å². The fraction of sp³-hybridized carbons (Fsp3) is 1.00. The molecular formula is C9H21N3O. The topological polar surface area (TPSA) is 52.7 Å². The van der Waals surface area contributed by atoms with Gasteiger partial charge in [0.05, 0.1) is 6.61 Å². The van der Waals surface area contributed by atoms with Crippen LogP contribution in [0.1, 0.15) is 6.92 Å². The predicted octanol–water partition coefficient (Wildman–Crippen LogP) is -1.06. The molecule has 0 aromatic heterocycles. The van der Waals surface area contributed by atoms with Crippen LogP contribution < -0.4 is 5.73 Å². The third-order valence-corrected chi connectivity index (χ3v) is 2.68. The van der Waals surface area contributed by atoms with Crippen LogP contribution in [0, 0.1) is 0 Å². The molecule has 13 heavy (non-hydrogen) atoms. The molecule has 1 fully saturated rings. The van der Waals surface area contributed by atoms with Crippen LogP contribution in [-0.4, -0.2) is 66.8 Å². The van der Waals surface area contributed by atoms with Gasteiger partial charge in [-0.15, -0.1) is 0 Å². The third-order valence-electron chi connectivity index (χ3n) is 2.68. The van der Waals surface area contributed by atoms with Crippen molar-refractivity contribution < 1.29 is 5.11 Å². The van der Waals surface area contributed by atoms with Crippen molar-refractivity contribution in [2.24, 2.45) is 5.73 Å². The van der Waals surface area contributed by atoms with E-state index in [1.165, 1.54) is 0 Å². The molecule has 1 heterocycles. The van der Waals surface area contributed by atoms with Gasteiger partial charge in [-0.1, -0.05) is 0 Å². The van der Waals surface area contributed by atoms with E-state index in [1.807, 2.05) is 0 Å². The minimum Gasteiger partial charge on any atom is -0.395 e. The quantitative estimate of drug-likeness (QED) is 0.589. The van der Waals surface area contributed by atoms with Gasteiger partial charge in [0.2, 0.25) is 0 Å². The first-order valence-corrected chi connectivity index (χ1v) is 5.05. The Balaban J connectivity index is 2.28. The molecule has 4 heteroatoms. The molecular weight excluding hydrogens is 166 g/mol. The normalized spacial score (nSPS) is 26.5. The Labute approximate surface area is 80.3 Å². The molecule has 0 radical (unpaired) electrons. The first-order valence-electron chi connectivity index (χ1n) is 5.05. The zero-order chi connectivity index (χ0) is 9.68. The first-order chi connectivity index (χ1) is 6.27. The van der Waals surface area contributed by atoms with Gasteiger partial charge in [-0.3, -0.25) is 9.80 Å². The zero-order valence-electron chi connectivity index (χ0n) is 8.45. The Morgan fingerprint density at radius 2 is 2.15 bits per heavy atom. The van der Waals surface area contributed by atoms with Crippen molar-refractivity contribution in [3.8, 4) is 0 Å². The maximum Gasteiger partial charge on any atom is 0.0558 e. The summed E-state index contributed by atoms with van der Waals surface area (Å²) in [6.07, 6.45) is 0. The molecule has 0 spiro atoms. The van der Waals surface area contributed by atoms with Crippen LogP contribution in [0.25, 0.3) is 0 Å². The molecule has 1 saturated heterocycles. The number of hydrogen-bond acceptors (Lipinski definition) is 4. The van der Waals surface area contributed by atoms with Gasteiger partial charge in [-0.05, 0) is 6.92 Å². The lowest BCUT2D eigenvalue weighted by Gasteiger charge is -2.39. The smallest absolute Gasteiger partial charge is 0.0558 e. The minimum atomic E-state index is 0.267. The van der Waals surface area contributed by atoms with Gasteiger partial charge >= 0.3 is 0 Å². The number of nitrogens with zero attached hydrogens (tertiary/aromatic N) is 2. The Morgan fingerprint density at radius 3 is 2.69 bits per heavy atom. The average Bonchev–Trinajstić information content (AvgIpc) is 2.10. The van der Waals surface area contributed by atoms with Crippen LogP contribution in [0.2, 0.25) is 0 Å². The number of β-amino-alcohol motifs (C(OH)–C–C–N with tert-alkyl or cyclic N) is 1. The second-order valence-electron chi connectivity index (χ2n) is 3.70. The van der Waals surface area contributed by atoms with E-state index in [0.29, 0.717) is 6.04 Å². The van der Waals surface area contributed by atoms with E-state index in [0.717, 1.165) is 39.3 Å². The van der Waals surface area contributed by atoms with Crippen LogP contribution in [0.15, 0.2) is 0 Å². The Kier molecular flexibility index (Phi) is 4.66. The molecule has 0 amide bonds. The molecule has 3 N–H and O–H groups in total. The summed E-state index contributed by atoms with van der Waals surface area (Å²) in [5.74, 6) is 0. The monoisotopic (exact) mass is 187 g/mol. The van der Waals surface area contributed by atoms with Crippen LogP contribution in [0.4, 0.5) is 0 Å². The van der Waals surface area contributed by atoms with Gasteiger partial charge < -0.3 is 10.8 Å². The second-order valence-corrected chi connectivity index (χ2v) is 3.70. The Hall–Kier alpha value is -0.160. The molecule has 1 unspecified atom stereocenters. The minimum absolute atomic E-state index is 0.267. The summed E-state index contributed by atoms with van der Waals surface area (Å²) in [6, 6.07) is 0.573. The van der Waals surface area contributed by atoms with Crippen molar-refractivity contribution in [3.05, 3.63) is 0 Å². The highest BCUT2D eigenvalue weighted by Crippen LogP contribution is 2.07. The van der Waals surface area contributed by atoms with Gasteiger partial charge in [0.15, 0.2) is 0 Å². The summed E-state index contributed by atoms with van der Waals surface area (Å²) < 4.78 is 0. The number of nitrogens with two attached hydrogens (primary N) is 1. The maximum absolute atomic E-state index is 8.80. The van der Waals surface area contributed by atoms with E-state index >= 15 is 0 Å². The van der Waals surface area contributed by atoms with Gasteiger partial charge in [-0.2, -0.15) is 0 Å². The standard InChI is InChI=1S/C9H21N3O/c1-9-8-11(6-7-13)4-5-12(9)3-2-10/h9,13H,2-8,10H2,1H3. The van der Waals surface area contributed by atoms with Crippen molar-refractivity contribution >= 4 is 0 Å². The molecule has 0 aromatic carbocycles. The van der Waals surface area contributed by atoms with E-state index in [-0.39, 0.29) is 6.61 Å². The summed E-state index contributed by atoms with van der Waals surface area (Å²) in [7, 11) is 0. The van der Waals surface area contributed by atoms with E-state index < -0.39 is 0 Å². The van der Waals surface area contributed by atoms with E-state index in [9.17, 15) is 0 Å². The van der Waals surface area contributed by atoms with Crippen molar-refractivity contribution in [3.63, 3.8) is 0 Å². The maximum atomic E-state index is 8.80. The molecule has 0 saturated carbocycles. The lowest BCUT2D eigenvalue weighted by atomic mass is 10.2. The van der Waals surface area contributed by atoms with Gasteiger partial charge in [-0.25, -0.2) is 0 Å². The molecule has 1 aliphatic heterocycles. The lowest BCUT2D eigenvalue weighted by Crippen LogP contribution is -2.53. The van der Waals surface area contributed by atoms with E-state index in [2.05, 4.69) is 16.7 Å². The highest BCUT2D eigenvalue weighted by Gasteiger charge is 2.21. The number of rotatable bonds is 4. The van der Waals surface area contributed by atoms with Crippen molar-refractivity contribution in [1.82, 2.24) is 9.80 Å². The number of aliphatic hydroxyl groups excluding tert-OH is 1. The zero-order valence-corrected chi connectivity index (χ0v) is 8.45. The summed E-state index contributed by atoms with van der Waals surface area (Å²) in [6.45, 7) is 8.23. The second kappa shape index (κ2) is 5.54. The van der Waals surface area contributed by atoms with Crippen LogP contribution in [-0.2, 0) is 0 Å². The number of aliphatic hydroxyl groups is 1. The first kappa shape index (κ1) is 10.9. The van der Waals surface area contributed by atoms with Crippen LogP contribution in [0.5, 0.6) is 0 Å². The molecule has 1 rings (SSSR count). The molecule has 1 aliphatic rings. The molecule has 4 nitrogen and oxygen atoms in total. The molecule has 0 aliphatic carbocycles. The highest BCUT2D eigenvalue weighted by molar-refractivity contribution is 4.78. The predicted molar refractivity (Wildman–Crippen MR) is 53.6 cm³/mol. The van der Waals surface area contributed by atoms with Gasteiger partial charge in [0, 0.05) is 45.3 Å². The molecule has 0 aromatic rings. The molecule has 78 valence electrons. The van der Waals surface area contributed by atoms with E-state index in [1.54, 1.807) is 0 Å². The summed E-state index contributed by atoms with van der Waals surface area (Å²) in [4.78, 5) is 4.71. The van der Waals surface area contributed by atoms with E-state index in [4.69, 9.17) is 10.8 Å². The Bertz CT molecular complexity index is 143. The van der Waals surface area contributed by atoms with Gasteiger partial charge in [0.1, 0.15) is 0 Å². The highest BCUT2D eigenvalue weighted by atomic mass is 16.3. The van der Waals surface area contributed by atoms with Crippen molar-refractivity contribution in [1.29, 1.82) is 0 Å². The molecule has 1 atom stereocenters. The van der Waals surface area contributed by atoms with Crippen molar-refractivity contribution in [2.45, 2.75) is 13.0 Å². The fourth-order valence-corrected chi connectivity index (χ4v) is 1.91. The summed E-state index contributed by atoms with van der Waals surface area (Å²) in [5, 5.41) is 8.80. The number of piperazine rings is 1. The average molecular weight is 187 g/mol. The third kappa shape index (κ3) is 3.23. The largest absolute Gasteiger partial charge is 0.395 e. The summed E-state index contributed by atoms with van der Waals surface area (Å²) >= 11 is 0. The fourth-order valence-electron chi connectivity index (χ4n) is 1.91. The lowest BCUT2D eigenvalue weighted by molar-refractivity contribution is 0.0737. The molecule has 0 bridgehead atoms. The van der Waals surface area contributed by atoms with Crippen LogP contribution in [0.3, 0.4) is 0 Å². The number of hydrogen-bond donors (Lipinski definition) is 2. The SMILES string of the molecule is CC1CN(CCO)CCN1CCN. The van der Waals surface area contributed by atoms with Crippen LogP contribution >= 0.6 is 0 Å². The summed E-state index contributed by atoms with van der Waals surface area (Å²) in [5.41, 5.74) is 5.52. The van der Waals surface area contributed by atoms with Gasteiger partial charge in [0.25, 0.3) is 0 Å².